The van der Waals surface area contributed by atoms with Gasteiger partial charge in [-0.3, -0.25) is 4.90 Å². The minimum atomic E-state index is -0.395. The molecule has 1 aliphatic rings. The van der Waals surface area contributed by atoms with Gasteiger partial charge in [-0.1, -0.05) is 47.1 Å². The van der Waals surface area contributed by atoms with Crippen LogP contribution in [0.1, 0.15) is 30.4 Å². The first-order valence-corrected chi connectivity index (χ1v) is 9.61. The molecule has 1 unspecified atom stereocenters. The Bertz CT molecular complexity index is 859. The zero-order chi connectivity index (χ0) is 18.6. The lowest BCUT2D eigenvalue weighted by Crippen LogP contribution is -2.35. The van der Waals surface area contributed by atoms with Gasteiger partial charge in [-0.2, -0.15) is 4.98 Å². The summed E-state index contributed by atoms with van der Waals surface area (Å²) in [7, 11) is 0. The van der Waals surface area contributed by atoms with Crippen LogP contribution in [-0.2, 0) is 6.54 Å². The van der Waals surface area contributed by atoms with Crippen molar-refractivity contribution in [2.75, 3.05) is 13.1 Å². The fraction of sp³-hybridized carbons (Fsp3) is 0.333. The lowest BCUT2D eigenvalue weighted by molar-refractivity contribution is 0.0538. The van der Waals surface area contributed by atoms with Crippen LogP contribution in [0, 0.1) is 5.92 Å². The van der Waals surface area contributed by atoms with Gasteiger partial charge in [0.05, 0.1) is 12.6 Å². The Morgan fingerprint density at radius 2 is 1.78 bits per heavy atom. The number of likely N-dealkylation sites (tertiary alicyclic amines) is 1. The number of halogens is 1. The van der Waals surface area contributed by atoms with Gasteiger partial charge in [-0.15, -0.1) is 0 Å². The molecule has 140 valence electrons. The van der Waals surface area contributed by atoms with E-state index in [9.17, 15) is 5.11 Å². The van der Waals surface area contributed by atoms with Gasteiger partial charge in [0.15, 0.2) is 0 Å². The van der Waals surface area contributed by atoms with Crippen LogP contribution in [0.3, 0.4) is 0 Å². The van der Waals surface area contributed by atoms with Crippen LogP contribution in [0.5, 0.6) is 0 Å². The minimum absolute atomic E-state index is 0.288. The Hall–Kier alpha value is -2.21. The summed E-state index contributed by atoms with van der Waals surface area (Å²) >= 11 is 5.92. The number of hydrogen-bond donors (Lipinski definition) is 1. The van der Waals surface area contributed by atoms with E-state index in [0.29, 0.717) is 23.3 Å². The number of rotatable bonds is 5. The molecule has 0 amide bonds. The van der Waals surface area contributed by atoms with Crippen molar-refractivity contribution >= 4 is 11.6 Å². The molecule has 0 saturated carbocycles. The third kappa shape index (κ3) is 4.38. The fourth-order valence-corrected chi connectivity index (χ4v) is 3.70. The molecule has 4 rings (SSSR count). The fourth-order valence-electron chi connectivity index (χ4n) is 3.58. The van der Waals surface area contributed by atoms with Crippen molar-refractivity contribution in [2.24, 2.45) is 5.92 Å². The molecule has 0 bridgehead atoms. The first-order valence-electron chi connectivity index (χ1n) is 9.23. The van der Waals surface area contributed by atoms with E-state index in [1.165, 1.54) is 0 Å². The predicted octanol–water partition coefficient (Wildman–Crippen LogP) is 4.34. The van der Waals surface area contributed by atoms with Gasteiger partial charge in [-0.05, 0) is 61.7 Å². The van der Waals surface area contributed by atoms with Crippen LogP contribution in [-0.4, -0.2) is 33.2 Å². The van der Waals surface area contributed by atoms with Gasteiger partial charge < -0.3 is 9.63 Å². The molecule has 27 heavy (non-hydrogen) atoms. The van der Waals surface area contributed by atoms with E-state index in [4.69, 9.17) is 16.1 Å². The van der Waals surface area contributed by atoms with Crippen LogP contribution in [0.4, 0.5) is 0 Å². The molecule has 1 aliphatic heterocycles. The molecule has 3 aromatic rings. The van der Waals surface area contributed by atoms with E-state index < -0.39 is 6.10 Å². The number of aromatic nitrogens is 2. The molecule has 1 atom stereocenters. The SMILES string of the molecule is OC(c1ccccc1)C1CCN(Cc2nc(-c3ccc(Cl)cc3)no2)CC1. The Balaban J connectivity index is 1.32. The molecule has 0 radical (unpaired) electrons. The predicted molar refractivity (Wildman–Crippen MR) is 104 cm³/mol. The Morgan fingerprint density at radius 1 is 1.07 bits per heavy atom. The van der Waals surface area contributed by atoms with Crippen LogP contribution in [0.25, 0.3) is 11.4 Å². The highest BCUT2D eigenvalue weighted by molar-refractivity contribution is 6.30. The largest absolute Gasteiger partial charge is 0.388 e. The van der Waals surface area contributed by atoms with E-state index >= 15 is 0 Å². The second kappa shape index (κ2) is 8.21. The maximum Gasteiger partial charge on any atom is 0.241 e. The highest BCUT2D eigenvalue weighted by atomic mass is 35.5. The lowest BCUT2D eigenvalue weighted by Gasteiger charge is -2.33. The molecule has 0 aliphatic carbocycles. The summed E-state index contributed by atoms with van der Waals surface area (Å²) in [6.07, 6.45) is 1.51. The highest BCUT2D eigenvalue weighted by Gasteiger charge is 2.27. The molecule has 0 spiro atoms. The summed E-state index contributed by atoms with van der Waals surface area (Å²) in [5.41, 5.74) is 1.89. The number of piperidine rings is 1. The van der Waals surface area contributed by atoms with Gasteiger partial charge in [-0.25, -0.2) is 0 Å². The second-order valence-corrected chi connectivity index (χ2v) is 7.42. The molecule has 1 aromatic heterocycles. The van der Waals surface area contributed by atoms with Gasteiger partial charge >= 0.3 is 0 Å². The third-order valence-corrected chi connectivity index (χ3v) is 5.40. The molecule has 5 nitrogen and oxygen atoms in total. The molecule has 2 aromatic carbocycles. The third-order valence-electron chi connectivity index (χ3n) is 5.15. The van der Waals surface area contributed by atoms with Crippen LogP contribution in [0.2, 0.25) is 5.02 Å². The number of aliphatic hydroxyl groups is 1. The molecule has 1 fully saturated rings. The summed E-state index contributed by atoms with van der Waals surface area (Å²) in [5.74, 6) is 1.48. The average molecular weight is 384 g/mol. The van der Waals surface area contributed by atoms with Crippen LogP contribution in [0.15, 0.2) is 59.1 Å². The molecule has 6 heteroatoms. The van der Waals surface area contributed by atoms with Crippen molar-refractivity contribution in [1.29, 1.82) is 0 Å². The monoisotopic (exact) mass is 383 g/mol. The number of nitrogens with zero attached hydrogens (tertiary/aromatic N) is 3. The van der Waals surface area contributed by atoms with E-state index in [0.717, 1.165) is 37.1 Å². The van der Waals surface area contributed by atoms with Gasteiger partial charge in [0.25, 0.3) is 0 Å². The second-order valence-electron chi connectivity index (χ2n) is 6.99. The van der Waals surface area contributed by atoms with Crippen molar-refractivity contribution < 1.29 is 9.63 Å². The van der Waals surface area contributed by atoms with Crippen molar-refractivity contribution in [3.63, 3.8) is 0 Å². The zero-order valence-corrected chi connectivity index (χ0v) is 15.7. The standard InChI is InChI=1S/C21H22ClN3O2/c22-18-8-6-17(7-9-18)21-23-19(27-24-21)14-25-12-10-16(11-13-25)20(26)15-4-2-1-3-5-15/h1-9,16,20,26H,10-14H2. The van der Waals surface area contributed by atoms with Gasteiger partial charge in [0, 0.05) is 10.6 Å². The van der Waals surface area contributed by atoms with Gasteiger partial charge in [0.1, 0.15) is 0 Å². The van der Waals surface area contributed by atoms with Crippen LogP contribution >= 0.6 is 11.6 Å². The topological polar surface area (TPSA) is 62.4 Å². The summed E-state index contributed by atoms with van der Waals surface area (Å²) in [5, 5.41) is 15.4. The molecule has 1 saturated heterocycles. The summed E-state index contributed by atoms with van der Waals surface area (Å²) in [6.45, 7) is 2.45. The maximum atomic E-state index is 10.6. The van der Waals surface area contributed by atoms with Crippen molar-refractivity contribution in [3.8, 4) is 11.4 Å². The number of aliphatic hydroxyl groups excluding tert-OH is 1. The van der Waals surface area contributed by atoms with Crippen LogP contribution < -0.4 is 0 Å². The Labute approximate surface area is 163 Å². The van der Waals surface area contributed by atoms with Crippen molar-refractivity contribution in [3.05, 3.63) is 71.1 Å². The first kappa shape index (κ1) is 18.2. The summed E-state index contributed by atoms with van der Waals surface area (Å²) < 4.78 is 5.41. The van der Waals surface area contributed by atoms with Crippen molar-refractivity contribution in [2.45, 2.75) is 25.5 Å². The Morgan fingerprint density at radius 3 is 2.48 bits per heavy atom. The summed E-state index contributed by atoms with van der Waals surface area (Å²) in [4.78, 5) is 6.79. The summed E-state index contributed by atoms with van der Waals surface area (Å²) in [6, 6.07) is 17.3. The normalized spacial score (nSPS) is 17.1. The number of hydrogen-bond acceptors (Lipinski definition) is 5. The number of benzene rings is 2. The molecule has 1 N–H and O–H groups in total. The lowest BCUT2D eigenvalue weighted by atomic mass is 9.87. The first-order chi connectivity index (χ1) is 13.2. The van der Waals surface area contributed by atoms with Crippen molar-refractivity contribution in [1.82, 2.24) is 15.0 Å². The molecular weight excluding hydrogens is 362 g/mol. The quantitative estimate of drug-likeness (QED) is 0.710. The van der Waals surface area contributed by atoms with E-state index in [1.54, 1.807) is 0 Å². The van der Waals surface area contributed by atoms with Gasteiger partial charge in [0.2, 0.25) is 11.7 Å². The van der Waals surface area contributed by atoms with E-state index in [2.05, 4.69) is 15.0 Å². The van der Waals surface area contributed by atoms with E-state index in [1.807, 2.05) is 54.6 Å². The zero-order valence-electron chi connectivity index (χ0n) is 15.0. The average Bonchev–Trinajstić information content (AvgIpc) is 3.18. The minimum Gasteiger partial charge on any atom is -0.388 e. The highest BCUT2D eigenvalue weighted by Crippen LogP contribution is 2.31. The maximum absolute atomic E-state index is 10.6. The van der Waals surface area contributed by atoms with E-state index in [-0.39, 0.29) is 5.92 Å². The molecular formula is C21H22ClN3O2. The smallest absolute Gasteiger partial charge is 0.241 e. The molecule has 2 heterocycles. The Kier molecular flexibility index (Phi) is 5.53.